The Balaban J connectivity index is 2.96. The van der Waals surface area contributed by atoms with Gasteiger partial charge >= 0.3 is 0 Å². The van der Waals surface area contributed by atoms with Crippen molar-refractivity contribution in [3.05, 3.63) is 33.7 Å². The minimum Gasteiger partial charge on any atom is -0.393 e. The molecule has 1 atom stereocenters. The Morgan fingerprint density at radius 2 is 2.46 bits per heavy atom. The van der Waals surface area contributed by atoms with Crippen LogP contribution in [0.5, 0.6) is 0 Å². The van der Waals surface area contributed by atoms with Crippen molar-refractivity contribution in [2.45, 2.75) is 11.5 Å². The number of nitrogens with zero attached hydrogens (tertiary/aromatic N) is 1. The molecule has 2 N–H and O–H groups in total. The molecule has 0 saturated carbocycles. The van der Waals surface area contributed by atoms with Gasteiger partial charge in [-0.05, 0) is 12.2 Å². The van der Waals surface area contributed by atoms with Crippen LogP contribution in [0.15, 0.2) is 23.5 Å². The van der Waals surface area contributed by atoms with E-state index in [2.05, 4.69) is 0 Å². The minimum absolute atomic E-state index is 0.0274. The summed E-state index contributed by atoms with van der Waals surface area (Å²) in [5.41, 5.74) is 5.40. The van der Waals surface area contributed by atoms with Crippen molar-refractivity contribution in [1.29, 1.82) is 0 Å². The lowest BCUT2D eigenvalue weighted by molar-refractivity contribution is -0.430. The number of halogens is 1. The normalized spacial score (nSPS) is 27.8. The molecule has 13 heavy (non-hydrogen) atoms. The number of rotatable bonds is 2. The van der Waals surface area contributed by atoms with Gasteiger partial charge in [-0.1, -0.05) is 11.6 Å². The quantitative estimate of drug-likeness (QED) is 0.413. The van der Waals surface area contributed by atoms with E-state index in [-0.39, 0.29) is 17.8 Å². The van der Waals surface area contributed by atoms with E-state index in [1.165, 1.54) is 19.3 Å². The molecule has 5 nitrogen and oxygen atoms in total. The minimum atomic E-state index is -1.13. The fourth-order valence-electron chi connectivity index (χ4n) is 1.01. The van der Waals surface area contributed by atoms with Crippen LogP contribution in [-0.4, -0.2) is 17.1 Å². The first-order valence-electron chi connectivity index (χ1n) is 3.55. The molecule has 0 fully saturated rings. The molecule has 0 aromatic carbocycles. The Labute approximate surface area is 80.0 Å². The molecular formula is C7H9ClN2O3. The summed E-state index contributed by atoms with van der Waals surface area (Å²) in [4.78, 5) is 9.94. The number of methoxy groups -OCH3 is 1. The first-order chi connectivity index (χ1) is 5.98. The van der Waals surface area contributed by atoms with Gasteiger partial charge < -0.3 is 10.5 Å². The molecular weight excluding hydrogens is 196 g/mol. The first kappa shape index (κ1) is 10.0. The first-order valence-corrected chi connectivity index (χ1v) is 3.92. The Morgan fingerprint density at radius 3 is 2.92 bits per heavy atom. The van der Waals surface area contributed by atoms with Crippen molar-refractivity contribution >= 4 is 11.6 Å². The van der Waals surface area contributed by atoms with Crippen LogP contribution < -0.4 is 5.73 Å². The SMILES string of the molecule is COC1(Cl)C=CC(N)=C([N+](=O)[O-])C1. The van der Waals surface area contributed by atoms with Crippen LogP contribution in [0, 0.1) is 10.1 Å². The molecule has 1 aliphatic carbocycles. The zero-order chi connectivity index (χ0) is 10.1. The highest BCUT2D eigenvalue weighted by atomic mass is 35.5. The number of hydrogen-bond acceptors (Lipinski definition) is 4. The van der Waals surface area contributed by atoms with Gasteiger partial charge in [-0.25, -0.2) is 0 Å². The maximum Gasteiger partial charge on any atom is 0.273 e. The number of hydrogen-bond donors (Lipinski definition) is 1. The van der Waals surface area contributed by atoms with Crippen LogP contribution in [-0.2, 0) is 4.74 Å². The third-order valence-corrected chi connectivity index (χ3v) is 2.23. The third-order valence-electron chi connectivity index (χ3n) is 1.81. The Hall–Kier alpha value is -1.07. The predicted octanol–water partition coefficient (Wildman–Crippen LogP) is 0.975. The van der Waals surface area contributed by atoms with Crippen molar-refractivity contribution in [3.8, 4) is 0 Å². The molecule has 0 aromatic rings. The van der Waals surface area contributed by atoms with E-state index in [0.717, 1.165) is 0 Å². The standard InChI is InChI=1S/C7H9ClN2O3/c1-13-7(8)3-2-5(9)6(4-7)10(11)12/h2-3H,4,9H2,1H3. The van der Waals surface area contributed by atoms with Crippen molar-refractivity contribution in [2.75, 3.05) is 7.11 Å². The topological polar surface area (TPSA) is 78.4 Å². The lowest BCUT2D eigenvalue weighted by Gasteiger charge is -2.23. The molecule has 1 rings (SSSR count). The van der Waals surface area contributed by atoms with Crippen LogP contribution in [0.3, 0.4) is 0 Å². The molecule has 0 radical (unpaired) electrons. The van der Waals surface area contributed by atoms with E-state index in [0.29, 0.717) is 0 Å². The van der Waals surface area contributed by atoms with Gasteiger partial charge in [0.15, 0.2) is 5.06 Å². The summed E-state index contributed by atoms with van der Waals surface area (Å²) in [6.07, 6.45) is 2.86. The molecule has 0 bridgehead atoms. The molecule has 1 unspecified atom stereocenters. The number of ether oxygens (including phenoxy) is 1. The number of nitrogens with two attached hydrogens (primary N) is 1. The van der Waals surface area contributed by atoms with Gasteiger partial charge in [0, 0.05) is 7.11 Å². The van der Waals surface area contributed by atoms with Crippen molar-refractivity contribution in [3.63, 3.8) is 0 Å². The van der Waals surface area contributed by atoms with Crippen molar-refractivity contribution in [1.82, 2.24) is 0 Å². The summed E-state index contributed by atoms with van der Waals surface area (Å²) in [7, 11) is 1.39. The molecule has 1 aliphatic rings. The van der Waals surface area contributed by atoms with Crippen molar-refractivity contribution in [2.24, 2.45) is 5.73 Å². The van der Waals surface area contributed by atoms with Crippen LogP contribution in [0.1, 0.15) is 6.42 Å². The summed E-state index contributed by atoms with van der Waals surface area (Å²) in [6.45, 7) is 0. The summed E-state index contributed by atoms with van der Waals surface area (Å²) in [6, 6.07) is 0. The fourth-order valence-corrected chi connectivity index (χ4v) is 1.20. The number of nitro groups is 1. The van der Waals surface area contributed by atoms with Gasteiger partial charge in [-0.2, -0.15) is 0 Å². The highest BCUT2D eigenvalue weighted by Crippen LogP contribution is 2.31. The fraction of sp³-hybridized carbons (Fsp3) is 0.429. The molecule has 0 amide bonds. The Kier molecular flexibility index (Phi) is 2.58. The summed E-state index contributed by atoms with van der Waals surface area (Å²) in [5, 5.41) is 9.35. The van der Waals surface area contributed by atoms with Gasteiger partial charge in [0.05, 0.1) is 11.3 Å². The maximum absolute atomic E-state index is 10.5. The van der Waals surface area contributed by atoms with Gasteiger partial charge in [0.25, 0.3) is 5.70 Å². The second-order valence-electron chi connectivity index (χ2n) is 2.66. The van der Waals surface area contributed by atoms with Crippen LogP contribution >= 0.6 is 11.6 Å². The average molecular weight is 205 g/mol. The zero-order valence-electron chi connectivity index (χ0n) is 6.99. The third kappa shape index (κ3) is 1.99. The molecule has 0 spiro atoms. The number of alkyl halides is 1. The second-order valence-corrected chi connectivity index (χ2v) is 3.30. The van der Waals surface area contributed by atoms with Gasteiger partial charge in [0.2, 0.25) is 0 Å². The van der Waals surface area contributed by atoms with Crippen molar-refractivity contribution < 1.29 is 9.66 Å². The molecule has 0 heterocycles. The second kappa shape index (κ2) is 3.35. The predicted molar refractivity (Wildman–Crippen MR) is 47.6 cm³/mol. The van der Waals surface area contributed by atoms with Crippen LogP contribution in [0.2, 0.25) is 0 Å². The van der Waals surface area contributed by atoms with Gasteiger partial charge in [-0.3, -0.25) is 10.1 Å². The highest BCUT2D eigenvalue weighted by molar-refractivity contribution is 6.24. The molecule has 0 saturated heterocycles. The van der Waals surface area contributed by atoms with E-state index in [4.69, 9.17) is 22.1 Å². The monoisotopic (exact) mass is 204 g/mol. The number of allylic oxidation sites excluding steroid dienone is 1. The van der Waals surface area contributed by atoms with E-state index < -0.39 is 9.98 Å². The smallest absolute Gasteiger partial charge is 0.273 e. The molecule has 6 heteroatoms. The summed E-state index contributed by atoms with van der Waals surface area (Å²) < 4.78 is 4.89. The Morgan fingerprint density at radius 1 is 1.85 bits per heavy atom. The molecule has 0 aliphatic heterocycles. The van der Waals surface area contributed by atoms with Gasteiger partial charge in [-0.15, -0.1) is 0 Å². The van der Waals surface area contributed by atoms with E-state index >= 15 is 0 Å². The molecule has 72 valence electrons. The summed E-state index contributed by atoms with van der Waals surface area (Å²) in [5.74, 6) is 0. The van der Waals surface area contributed by atoms with Crippen LogP contribution in [0.4, 0.5) is 0 Å². The van der Waals surface area contributed by atoms with Crippen LogP contribution in [0.25, 0.3) is 0 Å². The molecule has 0 aromatic heterocycles. The van der Waals surface area contributed by atoms with E-state index in [1.54, 1.807) is 0 Å². The highest BCUT2D eigenvalue weighted by Gasteiger charge is 2.34. The van der Waals surface area contributed by atoms with Gasteiger partial charge in [0.1, 0.15) is 5.70 Å². The lowest BCUT2D eigenvalue weighted by atomic mass is 10.1. The average Bonchev–Trinajstić information content (AvgIpc) is 2.09. The Bertz CT molecular complexity index is 300. The lowest BCUT2D eigenvalue weighted by Crippen LogP contribution is -2.28. The van der Waals surface area contributed by atoms with E-state index in [1.807, 2.05) is 0 Å². The largest absolute Gasteiger partial charge is 0.393 e. The maximum atomic E-state index is 10.5. The zero-order valence-corrected chi connectivity index (χ0v) is 7.75. The summed E-state index contributed by atoms with van der Waals surface area (Å²) >= 11 is 5.86. The van der Waals surface area contributed by atoms with E-state index in [9.17, 15) is 10.1 Å².